The molecule has 1 amide bonds. The molecule has 0 saturated carbocycles. The van der Waals surface area contributed by atoms with Gasteiger partial charge in [-0.25, -0.2) is 14.8 Å². The number of rotatable bonds is 5. The molecule has 8 nitrogen and oxygen atoms in total. The lowest BCUT2D eigenvalue weighted by Crippen LogP contribution is -2.48. The number of hydrogen-bond acceptors (Lipinski definition) is 6. The number of carbonyl (C=O) groups is 1. The van der Waals surface area contributed by atoms with Crippen molar-refractivity contribution < 1.29 is 31.8 Å². The summed E-state index contributed by atoms with van der Waals surface area (Å²) in [6.45, 7) is 0.554. The lowest BCUT2D eigenvalue weighted by molar-refractivity contribution is -0.144. The second kappa shape index (κ2) is 10.0. The van der Waals surface area contributed by atoms with E-state index in [0.717, 1.165) is 0 Å². The molecule has 0 aliphatic carbocycles. The van der Waals surface area contributed by atoms with Gasteiger partial charge in [0.25, 0.3) is 0 Å². The van der Waals surface area contributed by atoms with Crippen LogP contribution in [-0.4, -0.2) is 61.0 Å². The van der Waals surface area contributed by atoms with E-state index in [1.165, 1.54) is 29.2 Å². The summed E-state index contributed by atoms with van der Waals surface area (Å²) in [7, 11) is 0. The fourth-order valence-electron chi connectivity index (χ4n) is 3.89. The lowest BCUT2D eigenvalue weighted by Gasteiger charge is -2.35. The van der Waals surface area contributed by atoms with Crippen molar-refractivity contribution in [1.82, 2.24) is 14.9 Å². The maximum Gasteiger partial charge on any atom is 0.451 e. The van der Waals surface area contributed by atoms with E-state index in [9.17, 15) is 31.8 Å². The standard InChI is InChI=1S/C23H21F3N4O4S/c24-23(25,26)21-27-19(17-8-6-15(7-9-17)14-35(33)34)18(16-4-2-1-3-5-16)20(28-21)29-10-12-30(13-11-29)22(31)32/h1-9H,10-14H2,(H,31,32)(H,33,34)/p-1. The lowest BCUT2D eigenvalue weighted by atomic mass is 9.98. The zero-order valence-corrected chi connectivity index (χ0v) is 19.1. The second-order valence-corrected chi connectivity index (χ2v) is 8.76. The van der Waals surface area contributed by atoms with Crippen LogP contribution in [0.4, 0.5) is 23.8 Å². The van der Waals surface area contributed by atoms with Crippen molar-refractivity contribution in [3.8, 4) is 22.4 Å². The highest BCUT2D eigenvalue weighted by atomic mass is 32.2. The molecule has 2 aromatic carbocycles. The number of alkyl halides is 3. The minimum atomic E-state index is -4.82. The van der Waals surface area contributed by atoms with E-state index in [-0.39, 0.29) is 43.4 Å². The van der Waals surface area contributed by atoms with Crippen LogP contribution < -0.4 is 4.90 Å². The van der Waals surface area contributed by atoms with Crippen molar-refractivity contribution in [3.05, 3.63) is 66.0 Å². The van der Waals surface area contributed by atoms with E-state index in [0.29, 0.717) is 22.3 Å². The molecule has 0 spiro atoms. The molecule has 1 aromatic heterocycles. The van der Waals surface area contributed by atoms with Gasteiger partial charge in [0.05, 0.1) is 11.3 Å². The van der Waals surface area contributed by atoms with Gasteiger partial charge in [-0.15, -0.1) is 0 Å². The molecule has 0 bridgehead atoms. The number of halogens is 3. The number of hydrogen-bond donors (Lipinski definition) is 1. The van der Waals surface area contributed by atoms with Gasteiger partial charge in [-0.05, 0) is 11.1 Å². The number of benzene rings is 2. The van der Waals surface area contributed by atoms with Gasteiger partial charge >= 0.3 is 12.3 Å². The largest absolute Gasteiger partial charge is 0.772 e. The van der Waals surface area contributed by atoms with Gasteiger partial charge in [0.2, 0.25) is 5.82 Å². The molecule has 1 saturated heterocycles. The van der Waals surface area contributed by atoms with Crippen molar-refractivity contribution in [3.63, 3.8) is 0 Å². The van der Waals surface area contributed by atoms with E-state index in [1.54, 1.807) is 35.2 Å². The highest BCUT2D eigenvalue weighted by molar-refractivity contribution is 7.78. The number of nitrogens with zero attached hydrogens (tertiary/aromatic N) is 4. The maximum atomic E-state index is 13.8. The van der Waals surface area contributed by atoms with Crippen molar-refractivity contribution >= 4 is 23.0 Å². The van der Waals surface area contributed by atoms with Gasteiger partial charge in [-0.2, -0.15) is 13.2 Å². The van der Waals surface area contributed by atoms with E-state index in [2.05, 4.69) is 9.97 Å². The molecule has 0 radical (unpaired) electrons. The number of piperazine rings is 1. The minimum Gasteiger partial charge on any atom is -0.772 e. The first-order valence-electron chi connectivity index (χ1n) is 10.6. The quantitative estimate of drug-likeness (QED) is 0.522. The van der Waals surface area contributed by atoms with Gasteiger partial charge < -0.3 is 19.5 Å². The van der Waals surface area contributed by atoms with Gasteiger partial charge in [-0.3, -0.25) is 4.21 Å². The Morgan fingerprint density at radius 2 is 1.60 bits per heavy atom. The Hall–Kier alpha value is -3.51. The molecule has 12 heteroatoms. The summed E-state index contributed by atoms with van der Waals surface area (Å²) in [6, 6.07) is 14.9. The first-order valence-corrected chi connectivity index (χ1v) is 11.8. The van der Waals surface area contributed by atoms with Gasteiger partial charge in [0.1, 0.15) is 5.82 Å². The fourth-order valence-corrected chi connectivity index (χ4v) is 4.35. The summed E-state index contributed by atoms with van der Waals surface area (Å²) in [5, 5.41) is 9.24. The van der Waals surface area contributed by atoms with E-state index in [4.69, 9.17) is 0 Å². The average molecular weight is 505 g/mol. The van der Waals surface area contributed by atoms with Crippen LogP contribution in [0.3, 0.4) is 0 Å². The summed E-state index contributed by atoms with van der Waals surface area (Å²) >= 11 is -2.31. The Kier molecular flexibility index (Phi) is 7.03. The molecular weight excluding hydrogens is 485 g/mol. The Bertz CT molecular complexity index is 1230. The predicted octanol–water partition coefficient (Wildman–Crippen LogP) is 4.01. The first kappa shape index (κ1) is 24.6. The van der Waals surface area contributed by atoms with Crippen LogP contribution in [0, 0.1) is 0 Å². The SMILES string of the molecule is O=C(O)N1CCN(c2nc(C(F)(F)F)nc(-c3ccc(CS(=O)[O-])cc3)c2-c2ccccc2)CC1. The fraction of sp³-hybridized carbons (Fsp3) is 0.261. The van der Waals surface area contributed by atoms with Crippen LogP contribution >= 0.6 is 0 Å². The Morgan fingerprint density at radius 3 is 2.14 bits per heavy atom. The van der Waals surface area contributed by atoms with Gasteiger partial charge in [-0.1, -0.05) is 65.7 Å². The van der Waals surface area contributed by atoms with Gasteiger partial charge in [0, 0.05) is 37.5 Å². The van der Waals surface area contributed by atoms with Crippen LogP contribution in [0.5, 0.6) is 0 Å². The van der Waals surface area contributed by atoms with Gasteiger partial charge in [0.15, 0.2) is 0 Å². The van der Waals surface area contributed by atoms with Crippen LogP contribution in [0.1, 0.15) is 11.4 Å². The van der Waals surface area contributed by atoms with Crippen molar-refractivity contribution in [1.29, 1.82) is 0 Å². The zero-order chi connectivity index (χ0) is 25.2. The Balaban J connectivity index is 1.89. The molecule has 184 valence electrons. The van der Waals surface area contributed by atoms with Crippen LogP contribution in [0.25, 0.3) is 22.4 Å². The van der Waals surface area contributed by atoms with Crippen LogP contribution in [0.15, 0.2) is 54.6 Å². The third-order valence-electron chi connectivity index (χ3n) is 5.57. The molecule has 3 aromatic rings. The molecule has 1 unspecified atom stereocenters. The second-order valence-electron chi connectivity index (χ2n) is 7.86. The molecule has 1 atom stereocenters. The summed E-state index contributed by atoms with van der Waals surface area (Å²) in [6.07, 6.45) is -5.91. The molecule has 35 heavy (non-hydrogen) atoms. The number of carboxylic acid groups (broad SMARTS) is 1. The first-order chi connectivity index (χ1) is 16.6. The average Bonchev–Trinajstić information content (AvgIpc) is 2.83. The number of aromatic nitrogens is 2. The maximum absolute atomic E-state index is 13.8. The smallest absolute Gasteiger partial charge is 0.451 e. The predicted molar refractivity (Wildman–Crippen MR) is 122 cm³/mol. The molecule has 2 heterocycles. The summed E-state index contributed by atoms with van der Waals surface area (Å²) in [5.41, 5.74) is 1.87. The summed E-state index contributed by atoms with van der Waals surface area (Å²) < 4.78 is 63.6. The van der Waals surface area contributed by atoms with Crippen LogP contribution in [0.2, 0.25) is 0 Å². The zero-order valence-electron chi connectivity index (χ0n) is 18.2. The summed E-state index contributed by atoms with van der Waals surface area (Å²) in [5.74, 6) is -1.47. The highest BCUT2D eigenvalue weighted by Gasteiger charge is 2.38. The third-order valence-corrected chi connectivity index (χ3v) is 6.14. The molecule has 1 aliphatic rings. The normalized spacial score (nSPS) is 15.2. The Labute approximate surface area is 201 Å². The van der Waals surface area contributed by atoms with Crippen molar-refractivity contribution in [2.45, 2.75) is 11.9 Å². The highest BCUT2D eigenvalue weighted by Crippen LogP contribution is 2.40. The molecule has 4 rings (SSSR count). The summed E-state index contributed by atoms with van der Waals surface area (Å²) in [4.78, 5) is 21.9. The molecule has 1 fully saturated rings. The Morgan fingerprint density at radius 1 is 0.971 bits per heavy atom. The van der Waals surface area contributed by atoms with E-state index < -0.39 is 29.2 Å². The van der Waals surface area contributed by atoms with E-state index in [1.807, 2.05) is 0 Å². The minimum absolute atomic E-state index is 0.0454. The third kappa shape index (κ3) is 5.60. The van der Waals surface area contributed by atoms with Crippen molar-refractivity contribution in [2.75, 3.05) is 31.1 Å². The molecular formula is C23H20F3N4O4S-. The van der Waals surface area contributed by atoms with Crippen LogP contribution in [-0.2, 0) is 23.0 Å². The number of anilines is 1. The van der Waals surface area contributed by atoms with E-state index >= 15 is 0 Å². The monoisotopic (exact) mass is 505 g/mol. The van der Waals surface area contributed by atoms with Crippen molar-refractivity contribution in [2.24, 2.45) is 0 Å². The number of amides is 1. The molecule has 1 N–H and O–H groups in total. The topological polar surface area (TPSA) is 110 Å². The molecule has 1 aliphatic heterocycles.